The molecule has 3 atom stereocenters. The molecule has 0 aliphatic carbocycles. The maximum Gasteiger partial charge on any atom is 0.472 e. The Morgan fingerprint density at radius 1 is 0.486 bits per heavy atom. The molecular formula is C61H122N2O6P+. The molecule has 8 nitrogen and oxygen atoms in total. The smallest absolute Gasteiger partial charge is 0.391 e. The van der Waals surface area contributed by atoms with Crippen LogP contribution in [-0.2, 0) is 18.4 Å². The highest BCUT2D eigenvalue weighted by Gasteiger charge is 2.28. The lowest BCUT2D eigenvalue weighted by Gasteiger charge is -2.26. The van der Waals surface area contributed by atoms with E-state index in [0.717, 1.165) is 44.9 Å². The molecule has 0 aliphatic rings. The van der Waals surface area contributed by atoms with E-state index in [9.17, 15) is 19.4 Å². The molecule has 3 unspecified atom stereocenters. The van der Waals surface area contributed by atoms with E-state index in [1.165, 1.54) is 238 Å². The van der Waals surface area contributed by atoms with Gasteiger partial charge in [-0.25, -0.2) is 4.57 Å². The number of unbranched alkanes of at least 4 members (excludes halogenated alkanes) is 40. The topological polar surface area (TPSA) is 105 Å². The Morgan fingerprint density at radius 2 is 0.814 bits per heavy atom. The minimum absolute atomic E-state index is 0.0758. The molecule has 1 amide bonds. The fourth-order valence-corrected chi connectivity index (χ4v) is 10.1. The molecule has 70 heavy (non-hydrogen) atoms. The van der Waals surface area contributed by atoms with Crippen LogP contribution >= 0.6 is 7.82 Å². The van der Waals surface area contributed by atoms with E-state index in [1.807, 2.05) is 21.1 Å². The number of hydrogen-bond donors (Lipinski definition) is 3. The van der Waals surface area contributed by atoms with Crippen molar-refractivity contribution in [1.82, 2.24) is 5.32 Å². The molecule has 9 heteroatoms. The predicted molar refractivity (Wildman–Crippen MR) is 305 cm³/mol. The third-order valence-corrected chi connectivity index (χ3v) is 15.2. The van der Waals surface area contributed by atoms with Crippen molar-refractivity contribution >= 4 is 13.7 Å². The maximum atomic E-state index is 13.0. The Hall–Kier alpha value is -1.02. The van der Waals surface area contributed by atoms with Crippen molar-refractivity contribution in [1.29, 1.82) is 0 Å². The number of aliphatic hydroxyl groups excluding tert-OH is 1. The van der Waals surface area contributed by atoms with Crippen LogP contribution < -0.4 is 5.32 Å². The van der Waals surface area contributed by atoms with Crippen LogP contribution in [0.25, 0.3) is 0 Å². The summed E-state index contributed by atoms with van der Waals surface area (Å²) < 4.78 is 23.8. The first-order valence-electron chi connectivity index (χ1n) is 30.7. The van der Waals surface area contributed by atoms with Gasteiger partial charge >= 0.3 is 7.82 Å². The third-order valence-electron chi connectivity index (χ3n) is 14.2. The van der Waals surface area contributed by atoms with Crippen LogP contribution in [0.2, 0.25) is 0 Å². The molecule has 0 spiro atoms. The first-order chi connectivity index (χ1) is 34.0. The second kappa shape index (κ2) is 52.8. The van der Waals surface area contributed by atoms with Crippen LogP contribution in [0.4, 0.5) is 0 Å². The summed E-state index contributed by atoms with van der Waals surface area (Å²) in [6.45, 7) is 4.92. The lowest BCUT2D eigenvalue weighted by Crippen LogP contribution is -2.46. The minimum Gasteiger partial charge on any atom is -0.391 e. The lowest BCUT2D eigenvalue weighted by molar-refractivity contribution is -0.870. The summed E-state index contributed by atoms with van der Waals surface area (Å²) in [7, 11) is 1.63. The van der Waals surface area contributed by atoms with Gasteiger partial charge in [-0.2, -0.15) is 0 Å². The quantitative estimate of drug-likeness (QED) is 0.0243. The molecule has 0 aromatic carbocycles. The van der Waals surface area contributed by atoms with Crippen molar-refractivity contribution < 1.29 is 32.9 Å². The zero-order chi connectivity index (χ0) is 51.3. The molecule has 0 fully saturated rings. The number of quaternary nitrogens is 1. The molecule has 0 rings (SSSR count). The van der Waals surface area contributed by atoms with E-state index < -0.39 is 20.0 Å². The second-order valence-corrected chi connectivity index (χ2v) is 23.9. The van der Waals surface area contributed by atoms with Crippen LogP contribution in [0.1, 0.15) is 309 Å². The monoisotopic (exact) mass is 1010 g/mol. The summed E-state index contributed by atoms with van der Waals surface area (Å²) in [6.07, 6.45) is 66.7. The van der Waals surface area contributed by atoms with Gasteiger partial charge < -0.3 is 19.8 Å². The van der Waals surface area contributed by atoms with Gasteiger partial charge in [-0.1, -0.05) is 282 Å². The number of allylic oxidation sites excluding steroid dienone is 4. The number of carbonyl (C=O) groups excluding carboxylic acids is 1. The molecule has 0 bridgehead atoms. The lowest BCUT2D eigenvalue weighted by atomic mass is 10.0. The van der Waals surface area contributed by atoms with Crippen LogP contribution in [0.5, 0.6) is 0 Å². The molecule has 0 saturated carbocycles. The fourth-order valence-electron chi connectivity index (χ4n) is 9.37. The van der Waals surface area contributed by atoms with Crippen LogP contribution in [0, 0.1) is 0 Å². The Balaban J connectivity index is 4.12. The molecule has 0 saturated heterocycles. The number of hydrogen-bond acceptors (Lipinski definition) is 5. The highest BCUT2D eigenvalue weighted by molar-refractivity contribution is 7.47. The predicted octanol–water partition coefficient (Wildman–Crippen LogP) is 18.8. The van der Waals surface area contributed by atoms with Gasteiger partial charge in [-0.15, -0.1) is 0 Å². The molecule has 0 aliphatic heterocycles. The van der Waals surface area contributed by atoms with Gasteiger partial charge in [0.25, 0.3) is 0 Å². The second-order valence-electron chi connectivity index (χ2n) is 22.4. The Morgan fingerprint density at radius 3 is 1.17 bits per heavy atom. The van der Waals surface area contributed by atoms with Gasteiger partial charge in [0.05, 0.1) is 39.9 Å². The maximum absolute atomic E-state index is 13.0. The van der Waals surface area contributed by atoms with Crippen molar-refractivity contribution in [3.05, 3.63) is 24.3 Å². The number of nitrogens with zero attached hydrogens (tertiary/aromatic N) is 1. The average Bonchev–Trinajstić information content (AvgIpc) is 3.32. The third kappa shape index (κ3) is 54.7. The van der Waals surface area contributed by atoms with Crippen LogP contribution in [0.3, 0.4) is 0 Å². The van der Waals surface area contributed by atoms with E-state index in [2.05, 4.69) is 43.5 Å². The molecule has 416 valence electrons. The minimum atomic E-state index is -4.32. The van der Waals surface area contributed by atoms with Crippen molar-refractivity contribution in [2.24, 2.45) is 0 Å². The van der Waals surface area contributed by atoms with Crippen molar-refractivity contribution in [2.75, 3.05) is 40.9 Å². The van der Waals surface area contributed by atoms with E-state index in [0.29, 0.717) is 23.9 Å². The zero-order valence-corrected chi connectivity index (χ0v) is 48.4. The van der Waals surface area contributed by atoms with Gasteiger partial charge in [0.1, 0.15) is 13.2 Å². The summed E-state index contributed by atoms with van der Waals surface area (Å²) in [5.74, 6) is -0.142. The number of likely N-dealkylation sites (N-methyl/N-ethyl adjacent to an activating group) is 1. The van der Waals surface area contributed by atoms with Gasteiger partial charge in [-0.05, 0) is 44.9 Å². The number of carbonyl (C=O) groups is 1. The number of rotatable bonds is 57. The van der Waals surface area contributed by atoms with Gasteiger partial charge in [0, 0.05) is 6.42 Å². The summed E-state index contributed by atoms with van der Waals surface area (Å²) in [5, 5.41) is 14.1. The Labute approximate surface area is 436 Å². The van der Waals surface area contributed by atoms with E-state index in [1.54, 1.807) is 0 Å². The molecule has 0 heterocycles. The van der Waals surface area contributed by atoms with Crippen molar-refractivity contribution in [2.45, 2.75) is 321 Å². The largest absolute Gasteiger partial charge is 0.472 e. The number of nitrogens with one attached hydrogen (secondary N) is 1. The van der Waals surface area contributed by atoms with Gasteiger partial charge in [-0.3, -0.25) is 13.8 Å². The summed E-state index contributed by atoms with van der Waals surface area (Å²) in [6, 6.07) is -0.761. The first kappa shape index (κ1) is 69.0. The van der Waals surface area contributed by atoms with E-state index in [4.69, 9.17) is 9.05 Å². The van der Waals surface area contributed by atoms with Crippen molar-refractivity contribution in [3.8, 4) is 0 Å². The van der Waals surface area contributed by atoms with Crippen molar-refractivity contribution in [3.63, 3.8) is 0 Å². The SMILES string of the molecule is CCCCCCC/C=C\C/C=C\CCCCCCCCCCCCCC(=O)NC(COP(=O)(O)OCC[N+](C)(C)C)C(O)CCCCCCCCCCCCCCCCCCCCCCCCCCC. The summed E-state index contributed by atoms with van der Waals surface area (Å²) in [4.78, 5) is 23.4. The first-order valence-corrected chi connectivity index (χ1v) is 32.2. The Kier molecular flexibility index (Phi) is 52.1. The number of phosphoric ester groups is 1. The summed E-state index contributed by atoms with van der Waals surface area (Å²) >= 11 is 0. The normalized spacial score (nSPS) is 14.0. The highest BCUT2D eigenvalue weighted by atomic mass is 31.2. The van der Waals surface area contributed by atoms with Gasteiger partial charge in [0.15, 0.2) is 0 Å². The van der Waals surface area contributed by atoms with E-state index in [-0.39, 0.29) is 19.1 Å². The molecule has 3 N–H and O–H groups in total. The number of phosphoric acid groups is 1. The molecular weight excluding hydrogens is 888 g/mol. The number of amides is 1. The van der Waals surface area contributed by atoms with Gasteiger partial charge in [0.2, 0.25) is 5.91 Å². The number of aliphatic hydroxyl groups is 1. The molecule has 0 aromatic rings. The molecule has 0 aromatic heterocycles. The van der Waals surface area contributed by atoms with Crippen LogP contribution in [0.15, 0.2) is 24.3 Å². The fraction of sp³-hybridized carbons (Fsp3) is 0.918. The Bertz CT molecular complexity index is 1190. The average molecular weight is 1010 g/mol. The zero-order valence-electron chi connectivity index (χ0n) is 47.5. The summed E-state index contributed by atoms with van der Waals surface area (Å²) in [5.41, 5.74) is 0. The molecule has 0 radical (unpaired) electrons. The highest BCUT2D eigenvalue weighted by Crippen LogP contribution is 2.43. The van der Waals surface area contributed by atoms with E-state index >= 15 is 0 Å². The standard InChI is InChI=1S/C61H121N2O6P/c1-6-8-10-12-14-16-18-20-22-24-26-28-30-31-33-34-36-38-40-42-44-46-48-50-52-54-60(64)59(58-69-70(66,67)68-57-56-63(3,4)5)62-61(65)55-53-51-49-47-45-43-41-39-37-35-32-29-27-25-23-21-19-17-15-13-11-9-7-2/h19,21,25,27,59-60,64H,6-18,20,22-24,26,28-58H2,1-5H3,(H-,62,65,66,67)/p+1/b21-19-,27-25-. The van der Waals surface area contributed by atoms with Crippen LogP contribution in [-0.4, -0.2) is 73.4 Å².